The Labute approximate surface area is 123 Å². The van der Waals surface area contributed by atoms with Crippen molar-refractivity contribution >= 4 is 33.2 Å². The first-order valence-corrected chi connectivity index (χ1v) is 6.13. The highest BCUT2D eigenvalue weighted by Gasteiger charge is 2.61. The lowest BCUT2D eigenvalue weighted by Crippen LogP contribution is -2.45. The second-order valence-corrected chi connectivity index (χ2v) is 5.05. The summed E-state index contributed by atoms with van der Waals surface area (Å²) in [5, 5.41) is 1.59. The average molecular weight is 379 g/mol. The van der Waals surface area contributed by atoms with E-state index in [1.165, 1.54) is 6.07 Å². The van der Waals surface area contributed by atoms with Crippen molar-refractivity contribution in [2.75, 3.05) is 11.1 Å². The molecular weight excluding hydrogens is 370 g/mol. The number of alkyl halides is 6. The predicted octanol–water partition coefficient (Wildman–Crippen LogP) is 4.02. The highest BCUT2D eigenvalue weighted by Crippen LogP contribution is 2.40. The third kappa shape index (κ3) is 4.26. The third-order valence-corrected chi connectivity index (χ3v) is 3.19. The molecule has 0 saturated heterocycles. The number of nitrogen functional groups attached to an aromatic ring is 1. The van der Waals surface area contributed by atoms with Gasteiger partial charge in [-0.15, -0.1) is 0 Å². The number of carbonyl (C=O) groups is 1. The lowest BCUT2D eigenvalue weighted by molar-refractivity contribution is -0.272. The van der Waals surface area contributed by atoms with Crippen molar-refractivity contribution in [1.82, 2.24) is 0 Å². The number of nitrogens with two attached hydrogens (primary N) is 1. The molecule has 0 unspecified atom stereocenters. The van der Waals surface area contributed by atoms with Crippen LogP contribution in [0.5, 0.6) is 0 Å². The van der Waals surface area contributed by atoms with Gasteiger partial charge in [0.25, 0.3) is 0 Å². The van der Waals surface area contributed by atoms with Crippen LogP contribution >= 0.6 is 15.9 Å². The zero-order valence-corrected chi connectivity index (χ0v) is 11.9. The molecule has 0 aliphatic heterocycles. The van der Waals surface area contributed by atoms with Gasteiger partial charge in [0.2, 0.25) is 11.8 Å². The number of anilines is 2. The summed E-state index contributed by atoms with van der Waals surface area (Å²) < 4.78 is 74.5. The molecule has 0 atom stereocenters. The molecule has 0 saturated carbocycles. The lowest BCUT2D eigenvalue weighted by Gasteiger charge is -2.22. The molecule has 0 bridgehead atoms. The summed E-state index contributed by atoms with van der Waals surface area (Å²) in [7, 11) is 0. The molecule has 1 aromatic rings. The first kappa shape index (κ1) is 17.6. The Morgan fingerprint density at radius 3 is 2.10 bits per heavy atom. The highest BCUT2D eigenvalue weighted by atomic mass is 79.9. The SMILES string of the molecule is Cc1cc(Br)c(NC(=O)C(C(F)(F)F)C(F)(F)F)cc1N. The maximum absolute atomic E-state index is 12.4. The van der Waals surface area contributed by atoms with Crippen molar-refractivity contribution in [1.29, 1.82) is 0 Å². The van der Waals surface area contributed by atoms with Crippen LogP contribution in [0.1, 0.15) is 5.56 Å². The fourth-order valence-corrected chi connectivity index (χ4v) is 2.03. The summed E-state index contributed by atoms with van der Waals surface area (Å²) in [6.07, 6.45) is -11.5. The van der Waals surface area contributed by atoms with Crippen molar-refractivity contribution < 1.29 is 31.1 Å². The smallest absolute Gasteiger partial charge is 0.398 e. The number of nitrogens with one attached hydrogen (secondary N) is 1. The summed E-state index contributed by atoms with van der Waals surface area (Å²) in [5.74, 6) is -6.33. The summed E-state index contributed by atoms with van der Waals surface area (Å²) in [6.45, 7) is 1.58. The normalized spacial score (nSPS) is 12.6. The monoisotopic (exact) mass is 378 g/mol. The van der Waals surface area contributed by atoms with E-state index in [2.05, 4.69) is 15.9 Å². The van der Waals surface area contributed by atoms with Crippen LogP contribution in [-0.2, 0) is 4.79 Å². The van der Waals surface area contributed by atoms with Crippen LogP contribution in [0.25, 0.3) is 0 Å². The molecule has 0 aliphatic rings. The van der Waals surface area contributed by atoms with E-state index < -0.39 is 24.2 Å². The van der Waals surface area contributed by atoms with Crippen molar-refractivity contribution in [2.24, 2.45) is 5.92 Å². The van der Waals surface area contributed by atoms with Crippen LogP contribution in [0.3, 0.4) is 0 Å². The van der Waals surface area contributed by atoms with Gasteiger partial charge in [0, 0.05) is 10.2 Å². The van der Waals surface area contributed by atoms with Crippen LogP contribution in [0, 0.1) is 12.8 Å². The van der Waals surface area contributed by atoms with Crippen LogP contribution < -0.4 is 11.1 Å². The number of benzene rings is 1. The molecule has 1 amide bonds. The van der Waals surface area contributed by atoms with E-state index in [1.807, 2.05) is 0 Å². The van der Waals surface area contributed by atoms with E-state index in [0.29, 0.717) is 5.56 Å². The molecule has 0 aromatic heterocycles. The van der Waals surface area contributed by atoms with E-state index >= 15 is 0 Å². The molecule has 0 radical (unpaired) electrons. The second-order valence-electron chi connectivity index (χ2n) is 4.19. The molecule has 1 aromatic carbocycles. The van der Waals surface area contributed by atoms with Crippen LogP contribution in [0.4, 0.5) is 37.7 Å². The first-order chi connectivity index (χ1) is 9.34. The molecule has 3 nitrogen and oxygen atoms in total. The predicted molar refractivity (Wildman–Crippen MR) is 67.5 cm³/mol. The Kier molecular flexibility index (Phi) is 4.81. The molecule has 118 valence electrons. The van der Waals surface area contributed by atoms with Gasteiger partial charge < -0.3 is 11.1 Å². The van der Waals surface area contributed by atoms with Gasteiger partial charge in [-0.05, 0) is 40.5 Å². The fourth-order valence-electron chi connectivity index (χ4n) is 1.47. The largest absolute Gasteiger partial charge is 0.409 e. The van der Waals surface area contributed by atoms with Gasteiger partial charge in [0.15, 0.2) is 0 Å². The van der Waals surface area contributed by atoms with E-state index in [4.69, 9.17) is 5.73 Å². The van der Waals surface area contributed by atoms with E-state index in [9.17, 15) is 31.1 Å². The van der Waals surface area contributed by atoms with Gasteiger partial charge in [-0.3, -0.25) is 4.79 Å². The first-order valence-electron chi connectivity index (χ1n) is 5.34. The molecule has 0 spiro atoms. The Balaban J connectivity index is 3.12. The quantitative estimate of drug-likeness (QED) is 0.603. The number of rotatable bonds is 2. The van der Waals surface area contributed by atoms with Gasteiger partial charge in [-0.1, -0.05) is 0 Å². The van der Waals surface area contributed by atoms with Crippen molar-refractivity contribution in [3.63, 3.8) is 0 Å². The topological polar surface area (TPSA) is 55.1 Å². The lowest BCUT2D eigenvalue weighted by atomic mass is 10.1. The summed E-state index contributed by atoms with van der Waals surface area (Å²) >= 11 is 2.93. The molecule has 0 fully saturated rings. The number of halogens is 7. The number of hydrogen-bond donors (Lipinski definition) is 2. The van der Waals surface area contributed by atoms with Gasteiger partial charge in [-0.25, -0.2) is 0 Å². The Morgan fingerprint density at radius 2 is 1.67 bits per heavy atom. The Bertz CT molecular complexity index is 541. The minimum absolute atomic E-state index is 0.115. The highest BCUT2D eigenvalue weighted by molar-refractivity contribution is 9.10. The summed E-state index contributed by atoms with van der Waals surface area (Å²) in [5.41, 5.74) is 5.88. The van der Waals surface area contributed by atoms with Gasteiger partial charge in [0.1, 0.15) is 0 Å². The number of amides is 1. The van der Waals surface area contributed by atoms with Crippen molar-refractivity contribution in [3.05, 3.63) is 22.2 Å². The van der Waals surface area contributed by atoms with Crippen molar-refractivity contribution in [3.8, 4) is 0 Å². The van der Waals surface area contributed by atoms with Crippen molar-refractivity contribution in [2.45, 2.75) is 19.3 Å². The maximum atomic E-state index is 12.4. The maximum Gasteiger partial charge on any atom is 0.409 e. The third-order valence-electron chi connectivity index (χ3n) is 2.53. The standard InChI is InChI=1S/C11H9BrF6N2O/c1-4-2-5(12)7(3-6(4)19)20-9(21)8(10(13,14)15)11(16,17)18/h2-3,8H,19H2,1H3,(H,20,21). The van der Waals surface area contributed by atoms with Gasteiger partial charge in [-0.2, -0.15) is 26.3 Å². The minimum Gasteiger partial charge on any atom is -0.398 e. The van der Waals surface area contributed by atoms with Crippen LogP contribution in [-0.4, -0.2) is 18.3 Å². The van der Waals surface area contributed by atoms with E-state index in [0.717, 1.165) is 6.07 Å². The van der Waals surface area contributed by atoms with Gasteiger partial charge in [0.05, 0.1) is 5.69 Å². The zero-order chi connectivity index (χ0) is 16.6. The minimum atomic E-state index is -5.74. The molecular formula is C11H9BrF6N2O. The Hall–Kier alpha value is -1.45. The molecule has 10 heteroatoms. The molecule has 3 N–H and O–H groups in total. The van der Waals surface area contributed by atoms with E-state index in [1.54, 1.807) is 12.2 Å². The number of aryl methyl sites for hydroxylation is 1. The average Bonchev–Trinajstić information content (AvgIpc) is 2.21. The summed E-state index contributed by atoms with van der Waals surface area (Å²) in [6, 6.07) is 2.43. The van der Waals surface area contributed by atoms with Gasteiger partial charge >= 0.3 is 12.4 Å². The van der Waals surface area contributed by atoms with E-state index in [-0.39, 0.29) is 15.8 Å². The fraction of sp³-hybridized carbons (Fsp3) is 0.364. The van der Waals surface area contributed by atoms with Crippen LogP contribution in [0.2, 0.25) is 0 Å². The number of carbonyl (C=O) groups excluding carboxylic acids is 1. The second kappa shape index (κ2) is 5.74. The molecule has 0 aliphatic carbocycles. The number of hydrogen-bond acceptors (Lipinski definition) is 2. The Morgan fingerprint density at radius 1 is 1.19 bits per heavy atom. The van der Waals surface area contributed by atoms with Crippen LogP contribution in [0.15, 0.2) is 16.6 Å². The zero-order valence-electron chi connectivity index (χ0n) is 10.4. The molecule has 0 heterocycles. The summed E-state index contributed by atoms with van der Waals surface area (Å²) in [4.78, 5) is 11.3. The molecule has 21 heavy (non-hydrogen) atoms. The molecule has 1 rings (SSSR count).